The van der Waals surface area contributed by atoms with Crippen LogP contribution in [0.3, 0.4) is 0 Å². The van der Waals surface area contributed by atoms with Gasteiger partial charge < -0.3 is 15.0 Å². The van der Waals surface area contributed by atoms with Gasteiger partial charge in [-0.1, -0.05) is 0 Å². The van der Waals surface area contributed by atoms with Gasteiger partial charge in [0.25, 0.3) is 0 Å². The highest BCUT2D eigenvalue weighted by Crippen LogP contribution is 2.20. The molecule has 2 heterocycles. The SMILES string of the molecule is N#Cc1ccc2[nH]cc(CCNCCOc3ccc4nonc4c3)c2c1. The summed E-state index contributed by atoms with van der Waals surface area (Å²) in [5.41, 5.74) is 4.34. The number of hydrogen-bond donors (Lipinski definition) is 2. The van der Waals surface area contributed by atoms with Crippen LogP contribution in [0.1, 0.15) is 11.1 Å². The number of nitriles is 1. The molecule has 0 unspecified atom stereocenters. The number of aromatic amines is 1. The van der Waals surface area contributed by atoms with E-state index >= 15 is 0 Å². The topological polar surface area (TPSA) is 99.8 Å². The minimum absolute atomic E-state index is 0.559. The van der Waals surface area contributed by atoms with Gasteiger partial charge in [-0.05, 0) is 59.2 Å². The maximum Gasteiger partial charge on any atom is 0.138 e. The lowest BCUT2D eigenvalue weighted by molar-refractivity contribution is 0.312. The first-order chi connectivity index (χ1) is 12.8. The van der Waals surface area contributed by atoms with Crippen molar-refractivity contribution in [2.24, 2.45) is 0 Å². The van der Waals surface area contributed by atoms with Gasteiger partial charge >= 0.3 is 0 Å². The number of hydrogen-bond acceptors (Lipinski definition) is 6. The highest BCUT2D eigenvalue weighted by atomic mass is 16.6. The fourth-order valence-corrected chi connectivity index (χ4v) is 2.90. The van der Waals surface area contributed by atoms with Crippen molar-refractivity contribution in [3.05, 3.63) is 53.7 Å². The Bertz CT molecular complexity index is 1080. The number of rotatable bonds is 7. The van der Waals surface area contributed by atoms with Crippen LogP contribution < -0.4 is 10.1 Å². The zero-order valence-electron chi connectivity index (χ0n) is 14.0. The Hall–Kier alpha value is -3.37. The average molecular weight is 347 g/mol. The summed E-state index contributed by atoms with van der Waals surface area (Å²) in [6, 6.07) is 13.4. The molecule has 0 aliphatic carbocycles. The van der Waals surface area contributed by atoms with Gasteiger partial charge in [0.1, 0.15) is 23.4 Å². The standard InChI is InChI=1S/C19H17N5O2/c20-11-13-1-3-17-16(9-13)14(12-22-17)5-6-21-7-8-25-15-2-4-18-19(10-15)24-26-23-18/h1-4,9-10,12,21-22H,5-8H2. The van der Waals surface area contributed by atoms with Crippen LogP contribution in [0.4, 0.5) is 0 Å². The normalized spacial score (nSPS) is 11.0. The molecule has 2 N–H and O–H groups in total. The molecule has 0 saturated heterocycles. The number of benzene rings is 2. The van der Waals surface area contributed by atoms with Crippen LogP contribution in [-0.2, 0) is 6.42 Å². The van der Waals surface area contributed by atoms with Crippen molar-refractivity contribution in [3.8, 4) is 11.8 Å². The van der Waals surface area contributed by atoms with Crippen molar-refractivity contribution in [2.45, 2.75) is 6.42 Å². The summed E-state index contributed by atoms with van der Waals surface area (Å²) in [6.07, 6.45) is 2.89. The van der Waals surface area contributed by atoms with Crippen molar-refractivity contribution in [1.82, 2.24) is 20.6 Å². The summed E-state index contributed by atoms with van der Waals surface area (Å²) in [6.45, 7) is 2.13. The lowest BCUT2D eigenvalue weighted by Gasteiger charge is -2.07. The Labute approximate surface area is 149 Å². The average Bonchev–Trinajstić information content (AvgIpc) is 3.30. The maximum absolute atomic E-state index is 9.04. The van der Waals surface area contributed by atoms with Gasteiger partial charge in [0.2, 0.25) is 0 Å². The Kier molecular flexibility index (Phi) is 4.50. The second-order valence-corrected chi connectivity index (χ2v) is 5.95. The maximum atomic E-state index is 9.04. The van der Waals surface area contributed by atoms with Gasteiger partial charge in [0.15, 0.2) is 0 Å². The van der Waals surface area contributed by atoms with E-state index in [1.807, 2.05) is 42.6 Å². The van der Waals surface area contributed by atoms with E-state index in [0.29, 0.717) is 23.2 Å². The molecule has 2 aromatic carbocycles. The summed E-state index contributed by atoms with van der Waals surface area (Å²) >= 11 is 0. The van der Waals surface area contributed by atoms with Crippen molar-refractivity contribution in [1.29, 1.82) is 5.26 Å². The molecule has 0 aliphatic rings. The van der Waals surface area contributed by atoms with Gasteiger partial charge in [0.05, 0.1) is 11.6 Å². The summed E-state index contributed by atoms with van der Waals surface area (Å²) in [4.78, 5) is 3.24. The van der Waals surface area contributed by atoms with Crippen molar-refractivity contribution in [3.63, 3.8) is 0 Å². The molecule has 0 amide bonds. The molecule has 2 aromatic heterocycles. The van der Waals surface area contributed by atoms with E-state index in [-0.39, 0.29) is 0 Å². The second-order valence-electron chi connectivity index (χ2n) is 5.95. The zero-order chi connectivity index (χ0) is 17.8. The largest absolute Gasteiger partial charge is 0.492 e. The third kappa shape index (κ3) is 3.36. The molecule has 26 heavy (non-hydrogen) atoms. The van der Waals surface area contributed by atoms with Crippen LogP contribution in [0.2, 0.25) is 0 Å². The number of aromatic nitrogens is 3. The fraction of sp³-hybridized carbons (Fsp3) is 0.211. The van der Waals surface area contributed by atoms with Crippen molar-refractivity contribution < 1.29 is 9.37 Å². The Morgan fingerprint density at radius 1 is 1.12 bits per heavy atom. The van der Waals surface area contributed by atoms with Crippen LogP contribution in [0.5, 0.6) is 5.75 Å². The summed E-state index contributed by atoms with van der Waals surface area (Å²) in [7, 11) is 0. The molecular weight excluding hydrogens is 330 g/mol. The monoisotopic (exact) mass is 347 g/mol. The van der Waals surface area contributed by atoms with E-state index in [9.17, 15) is 0 Å². The molecule has 4 rings (SSSR count). The number of nitrogens with one attached hydrogen (secondary N) is 2. The Balaban J connectivity index is 1.24. The van der Waals surface area contributed by atoms with Crippen molar-refractivity contribution in [2.75, 3.05) is 19.7 Å². The van der Waals surface area contributed by atoms with E-state index in [2.05, 4.69) is 31.3 Å². The molecule has 7 nitrogen and oxygen atoms in total. The highest BCUT2D eigenvalue weighted by Gasteiger charge is 2.05. The predicted octanol–water partition coefficient (Wildman–Crippen LogP) is 2.79. The van der Waals surface area contributed by atoms with Gasteiger partial charge in [-0.25, -0.2) is 4.63 Å². The van der Waals surface area contributed by atoms with Gasteiger partial charge in [-0.3, -0.25) is 0 Å². The summed E-state index contributed by atoms with van der Waals surface area (Å²) < 4.78 is 10.4. The highest BCUT2D eigenvalue weighted by molar-refractivity contribution is 5.84. The van der Waals surface area contributed by atoms with E-state index in [4.69, 9.17) is 10.00 Å². The molecule has 7 heteroatoms. The van der Waals surface area contributed by atoms with Crippen LogP contribution in [-0.4, -0.2) is 35.0 Å². The third-order valence-corrected chi connectivity index (χ3v) is 4.24. The third-order valence-electron chi connectivity index (χ3n) is 4.24. The molecule has 0 aliphatic heterocycles. The fourth-order valence-electron chi connectivity index (χ4n) is 2.90. The molecular formula is C19H17N5O2. The molecule has 130 valence electrons. The van der Waals surface area contributed by atoms with Crippen LogP contribution >= 0.6 is 0 Å². The quantitative estimate of drug-likeness (QED) is 0.499. The Morgan fingerprint density at radius 3 is 2.96 bits per heavy atom. The minimum atomic E-state index is 0.559. The lowest BCUT2D eigenvalue weighted by atomic mass is 10.1. The van der Waals surface area contributed by atoms with Gasteiger partial charge in [-0.2, -0.15) is 5.26 Å². The summed E-state index contributed by atoms with van der Waals surface area (Å²) in [5.74, 6) is 0.746. The number of fused-ring (bicyclic) bond motifs is 2. The predicted molar refractivity (Wildman–Crippen MR) is 96.9 cm³/mol. The van der Waals surface area contributed by atoms with E-state index in [0.717, 1.165) is 36.2 Å². The molecule has 4 aromatic rings. The molecule has 0 bridgehead atoms. The van der Waals surface area contributed by atoms with E-state index in [1.165, 1.54) is 5.56 Å². The minimum Gasteiger partial charge on any atom is -0.492 e. The number of nitrogens with zero attached hydrogens (tertiary/aromatic N) is 3. The zero-order valence-corrected chi connectivity index (χ0v) is 14.0. The lowest BCUT2D eigenvalue weighted by Crippen LogP contribution is -2.23. The molecule has 0 saturated carbocycles. The first kappa shape index (κ1) is 16.1. The van der Waals surface area contributed by atoms with E-state index in [1.54, 1.807) is 0 Å². The molecule has 0 fully saturated rings. The molecule has 0 spiro atoms. The Morgan fingerprint density at radius 2 is 2.04 bits per heavy atom. The summed E-state index contributed by atoms with van der Waals surface area (Å²) in [5, 5.41) is 21.1. The first-order valence-electron chi connectivity index (χ1n) is 8.39. The van der Waals surface area contributed by atoms with Crippen LogP contribution in [0, 0.1) is 11.3 Å². The number of H-pyrrole nitrogens is 1. The van der Waals surface area contributed by atoms with E-state index < -0.39 is 0 Å². The number of ether oxygens (including phenoxy) is 1. The second kappa shape index (κ2) is 7.25. The van der Waals surface area contributed by atoms with Gasteiger partial charge in [0, 0.05) is 29.7 Å². The van der Waals surface area contributed by atoms with Crippen LogP contribution in [0.25, 0.3) is 21.9 Å². The first-order valence-corrected chi connectivity index (χ1v) is 8.39. The van der Waals surface area contributed by atoms with Crippen molar-refractivity contribution >= 4 is 21.9 Å². The molecule has 0 atom stereocenters. The molecule has 0 radical (unpaired) electrons. The smallest absolute Gasteiger partial charge is 0.138 e. The van der Waals surface area contributed by atoms with Crippen LogP contribution in [0.15, 0.2) is 47.2 Å². The van der Waals surface area contributed by atoms with Gasteiger partial charge in [-0.15, -0.1) is 0 Å².